The van der Waals surface area contributed by atoms with Gasteiger partial charge in [-0.25, -0.2) is 9.97 Å². The Morgan fingerprint density at radius 1 is 1.02 bits per heavy atom. The summed E-state index contributed by atoms with van der Waals surface area (Å²) in [4.78, 5) is 21.5. The normalized spacial score (nSPS) is 24.9. The molecule has 0 radical (unpaired) electrons. The van der Waals surface area contributed by atoms with Crippen molar-refractivity contribution < 1.29 is 0 Å². The first-order valence-electron chi connectivity index (χ1n) is 16.2. The van der Waals surface area contributed by atoms with E-state index in [4.69, 9.17) is 10.7 Å². The Bertz CT molecular complexity index is 1050. The Morgan fingerprint density at radius 2 is 1.76 bits per heavy atom. The fraction of sp³-hybridized carbons (Fsp3) is 0.667. The quantitative estimate of drug-likeness (QED) is 0.313. The van der Waals surface area contributed by atoms with Gasteiger partial charge in [-0.15, -0.1) is 0 Å². The molecular weight excluding hydrogens is 508 g/mol. The van der Waals surface area contributed by atoms with Crippen LogP contribution in [0.4, 0.5) is 11.6 Å². The first-order valence-corrected chi connectivity index (χ1v) is 16.2. The van der Waals surface area contributed by atoms with E-state index in [-0.39, 0.29) is 5.92 Å². The van der Waals surface area contributed by atoms with Crippen LogP contribution in [0.5, 0.6) is 0 Å². The van der Waals surface area contributed by atoms with Gasteiger partial charge in [0.15, 0.2) is 0 Å². The fourth-order valence-corrected chi connectivity index (χ4v) is 6.67. The molecule has 0 bridgehead atoms. The molecule has 0 spiro atoms. The second-order valence-corrected chi connectivity index (χ2v) is 12.0. The van der Waals surface area contributed by atoms with E-state index < -0.39 is 0 Å². The molecule has 8 heteroatoms. The standard InChI is InChI=1S/C33H54N8/c1-5-14-39-17-19-41(20-18-39)32-24-31(36-25-37-32)38-29-10-8-27(9-11-29)22-28-23-30(40(15-6-2)16-7-3)21-26(4)33(28)35-13-12-34/h12-13,21,23-27,29H,5-11,14-20,22,34H2,1-4H3,(H,36,37,38)/b13-12-,35-33+/t26?,27-,29+. The van der Waals surface area contributed by atoms with Crippen molar-refractivity contribution >= 4 is 17.3 Å². The highest BCUT2D eigenvalue weighted by atomic mass is 15.3. The summed E-state index contributed by atoms with van der Waals surface area (Å²) in [5, 5.41) is 3.74. The number of rotatable bonds is 13. The summed E-state index contributed by atoms with van der Waals surface area (Å²) in [6.07, 6.45) is 19.2. The molecule has 3 N–H and O–H groups in total. The Labute approximate surface area is 248 Å². The van der Waals surface area contributed by atoms with E-state index in [9.17, 15) is 0 Å². The van der Waals surface area contributed by atoms with Crippen LogP contribution < -0.4 is 16.0 Å². The molecule has 226 valence electrons. The molecule has 3 aliphatic rings. The van der Waals surface area contributed by atoms with Crippen LogP contribution in [0.2, 0.25) is 0 Å². The van der Waals surface area contributed by atoms with Crippen molar-refractivity contribution in [1.82, 2.24) is 19.8 Å². The molecule has 0 aromatic carbocycles. The number of aliphatic imine (C=N–C) groups is 1. The summed E-state index contributed by atoms with van der Waals surface area (Å²) in [5.41, 5.74) is 9.60. The average molecular weight is 563 g/mol. The number of nitrogens with zero attached hydrogens (tertiary/aromatic N) is 6. The predicted molar refractivity (Wildman–Crippen MR) is 173 cm³/mol. The first kappa shape index (κ1) is 31.1. The van der Waals surface area contributed by atoms with E-state index in [0.717, 1.165) is 83.0 Å². The third-order valence-electron chi connectivity index (χ3n) is 8.75. The maximum Gasteiger partial charge on any atom is 0.134 e. The summed E-state index contributed by atoms with van der Waals surface area (Å²) in [6, 6.07) is 2.61. The molecule has 1 unspecified atom stereocenters. The number of hydrogen-bond acceptors (Lipinski definition) is 8. The van der Waals surface area contributed by atoms with Crippen LogP contribution in [0.3, 0.4) is 0 Å². The van der Waals surface area contributed by atoms with Crippen molar-refractivity contribution in [3.05, 3.63) is 48.2 Å². The maximum absolute atomic E-state index is 5.67. The summed E-state index contributed by atoms with van der Waals surface area (Å²) in [5.74, 6) is 2.97. The molecule has 2 aliphatic carbocycles. The Balaban J connectivity index is 1.35. The van der Waals surface area contributed by atoms with Gasteiger partial charge in [0.05, 0.1) is 5.71 Å². The van der Waals surface area contributed by atoms with Crippen molar-refractivity contribution in [2.45, 2.75) is 85.1 Å². The topological polar surface area (TPSA) is 85.9 Å². The molecule has 1 saturated heterocycles. The number of anilines is 2. The molecule has 8 nitrogen and oxygen atoms in total. The van der Waals surface area contributed by atoms with Gasteiger partial charge < -0.3 is 20.9 Å². The SMILES string of the molecule is CCCN1CCN(c2cc(N[C@H]3CC[C@@H](CC4=CC(N(CCC)CCC)=CC(C)/C4=N\C=C/N)CC3)ncn2)CC1. The van der Waals surface area contributed by atoms with Gasteiger partial charge in [0.1, 0.15) is 18.0 Å². The number of allylic oxidation sites excluding steroid dienone is 3. The third-order valence-corrected chi connectivity index (χ3v) is 8.75. The second-order valence-electron chi connectivity index (χ2n) is 12.0. The van der Waals surface area contributed by atoms with Gasteiger partial charge in [0.25, 0.3) is 0 Å². The van der Waals surface area contributed by atoms with Gasteiger partial charge in [-0.1, -0.05) is 33.8 Å². The van der Waals surface area contributed by atoms with Crippen molar-refractivity contribution in [2.75, 3.05) is 56.0 Å². The van der Waals surface area contributed by atoms with Crippen LogP contribution in [-0.4, -0.2) is 77.3 Å². The van der Waals surface area contributed by atoms with Crippen molar-refractivity contribution in [3.63, 3.8) is 0 Å². The van der Waals surface area contributed by atoms with Crippen LogP contribution in [-0.2, 0) is 0 Å². The van der Waals surface area contributed by atoms with Gasteiger partial charge in [0, 0.05) is 75.4 Å². The first-order chi connectivity index (χ1) is 20.0. The lowest BCUT2D eigenvalue weighted by atomic mass is 9.79. The molecule has 1 saturated carbocycles. The molecule has 41 heavy (non-hydrogen) atoms. The van der Waals surface area contributed by atoms with Gasteiger partial charge in [-0.2, -0.15) is 0 Å². The van der Waals surface area contributed by atoms with Crippen LogP contribution in [0.1, 0.15) is 79.1 Å². The number of hydrogen-bond donors (Lipinski definition) is 2. The zero-order valence-electron chi connectivity index (χ0n) is 26.1. The zero-order valence-corrected chi connectivity index (χ0v) is 26.1. The number of nitrogens with one attached hydrogen (secondary N) is 1. The van der Waals surface area contributed by atoms with Crippen LogP contribution >= 0.6 is 0 Å². The number of aromatic nitrogens is 2. The average Bonchev–Trinajstić information content (AvgIpc) is 2.98. The highest BCUT2D eigenvalue weighted by molar-refractivity contribution is 6.04. The van der Waals surface area contributed by atoms with Gasteiger partial charge >= 0.3 is 0 Å². The van der Waals surface area contributed by atoms with Crippen LogP contribution in [0.25, 0.3) is 0 Å². The summed E-state index contributed by atoms with van der Waals surface area (Å²) in [7, 11) is 0. The number of nitrogens with two attached hydrogens (primary N) is 1. The minimum atomic E-state index is 0.289. The van der Waals surface area contributed by atoms with Gasteiger partial charge in [-0.05, 0) is 75.5 Å². The zero-order chi connectivity index (χ0) is 29.0. The van der Waals surface area contributed by atoms with E-state index in [1.54, 1.807) is 18.7 Å². The lowest BCUT2D eigenvalue weighted by Crippen LogP contribution is -2.46. The van der Waals surface area contributed by atoms with E-state index >= 15 is 0 Å². The molecule has 0 amide bonds. The second kappa shape index (κ2) is 15.9. The highest BCUT2D eigenvalue weighted by Gasteiger charge is 2.27. The smallest absolute Gasteiger partial charge is 0.134 e. The molecule has 1 aliphatic heterocycles. The minimum absolute atomic E-state index is 0.289. The largest absolute Gasteiger partial charge is 0.403 e. The molecular formula is C33H54N8. The fourth-order valence-electron chi connectivity index (χ4n) is 6.67. The van der Waals surface area contributed by atoms with Gasteiger partial charge in [-0.3, -0.25) is 9.89 Å². The Morgan fingerprint density at radius 3 is 2.41 bits per heavy atom. The van der Waals surface area contributed by atoms with E-state index in [0.29, 0.717) is 12.0 Å². The molecule has 2 fully saturated rings. The van der Waals surface area contributed by atoms with Gasteiger partial charge in [0.2, 0.25) is 0 Å². The molecule has 1 aromatic rings. The molecule has 1 aromatic heterocycles. The third kappa shape index (κ3) is 8.81. The van der Waals surface area contributed by atoms with Crippen molar-refractivity contribution in [1.29, 1.82) is 0 Å². The molecule has 1 atom stereocenters. The number of piperazine rings is 1. The van der Waals surface area contributed by atoms with Crippen molar-refractivity contribution in [2.24, 2.45) is 22.6 Å². The van der Waals surface area contributed by atoms with E-state index in [1.807, 2.05) is 0 Å². The summed E-state index contributed by atoms with van der Waals surface area (Å²) < 4.78 is 0. The minimum Gasteiger partial charge on any atom is -0.403 e. The summed E-state index contributed by atoms with van der Waals surface area (Å²) >= 11 is 0. The highest BCUT2D eigenvalue weighted by Crippen LogP contribution is 2.35. The van der Waals surface area contributed by atoms with Crippen molar-refractivity contribution in [3.8, 4) is 0 Å². The Kier molecular flexibility index (Phi) is 12.1. The lowest BCUT2D eigenvalue weighted by molar-refractivity contribution is 0.258. The van der Waals surface area contributed by atoms with Crippen LogP contribution in [0, 0.1) is 11.8 Å². The monoisotopic (exact) mass is 562 g/mol. The predicted octanol–water partition coefficient (Wildman–Crippen LogP) is 5.82. The maximum atomic E-state index is 5.67. The summed E-state index contributed by atoms with van der Waals surface area (Å²) in [6.45, 7) is 16.7. The molecule has 4 rings (SSSR count). The Hall–Kier alpha value is -2.87. The van der Waals surface area contributed by atoms with E-state index in [1.165, 1.54) is 42.8 Å². The van der Waals surface area contributed by atoms with Crippen LogP contribution in [0.15, 0.2) is 53.2 Å². The molecule has 2 heterocycles. The lowest BCUT2D eigenvalue weighted by Gasteiger charge is -2.35. The van der Waals surface area contributed by atoms with E-state index in [2.05, 4.69) is 75.9 Å².